The fraction of sp³-hybridized carbons (Fsp3) is 0.200. The summed E-state index contributed by atoms with van der Waals surface area (Å²) in [5.74, 6) is 0.390. The zero-order chi connectivity index (χ0) is 10.1. The van der Waals surface area contributed by atoms with Crippen molar-refractivity contribution in [1.29, 1.82) is 0 Å². The monoisotopic (exact) mass is 190 g/mol. The second-order valence-corrected chi connectivity index (χ2v) is 2.98. The zero-order valence-electron chi connectivity index (χ0n) is 8.02. The average Bonchev–Trinajstić information content (AvgIpc) is 2.23. The molecule has 0 saturated carbocycles. The average molecular weight is 190 g/mol. The first-order valence-electron chi connectivity index (χ1n) is 4.26. The van der Waals surface area contributed by atoms with E-state index in [9.17, 15) is 4.79 Å². The van der Waals surface area contributed by atoms with Crippen LogP contribution in [0.1, 0.15) is 5.56 Å². The van der Waals surface area contributed by atoms with Gasteiger partial charge in [0.05, 0.1) is 12.7 Å². The number of rotatable bonds is 1. The molecule has 2 heterocycles. The van der Waals surface area contributed by atoms with E-state index in [0.717, 1.165) is 0 Å². The lowest BCUT2D eigenvalue weighted by atomic mass is 10.3. The lowest BCUT2D eigenvalue weighted by Gasteiger charge is -2.05. The van der Waals surface area contributed by atoms with Crippen molar-refractivity contribution in [3.05, 3.63) is 40.3 Å². The molecule has 0 atom stereocenters. The molecule has 0 fully saturated rings. The molecule has 2 aromatic heterocycles. The van der Waals surface area contributed by atoms with Crippen molar-refractivity contribution in [3.8, 4) is 5.88 Å². The minimum atomic E-state index is -0.0903. The van der Waals surface area contributed by atoms with Crippen LogP contribution in [0.3, 0.4) is 0 Å². The van der Waals surface area contributed by atoms with Crippen LogP contribution in [0.15, 0.2) is 29.2 Å². The Labute approximate surface area is 80.8 Å². The van der Waals surface area contributed by atoms with E-state index >= 15 is 0 Å². The van der Waals surface area contributed by atoms with E-state index < -0.39 is 0 Å². The third-order valence-electron chi connectivity index (χ3n) is 2.11. The molecule has 0 unspecified atom stereocenters. The summed E-state index contributed by atoms with van der Waals surface area (Å²) in [5.41, 5.74) is 1.03. The molecule has 0 aliphatic heterocycles. The van der Waals surface area contributed by atoms with E-state index in [-0.39, 0.29) is 5.56 Å². The van der Waals surface area contributed by atoms with Crippen LogP contribution in [0.5, 0.6) is 5.88 Å². The molecular formula is C10H10N2O2. The highest BCUT2D eigenvalue weighted by Crippen LogP contribution is 2.10. The van der Waals surface area contributed by atoms with Crippen molar-refractivity contribution in [1.82, 2.24) is 9.38 Å². The maximum Gasteiger partial charge on any atom is 0.264 e. The first-order chi connectivity index (χ1) is 6.74. The fourth-order valence-electron chi connectivity index (χ4n) is 1.36. The molecule has 4 nitrogen and oxygen atoms in total. The van der Waals surface area contributed by atoms with E-state index in [2.05, 4.69) is 4.98 Å². The highest BCUT2D eigenvalue weighted by atomic mass is 16.5. The fourth-order valence-corrected chi connectivity index (χ4v) is 1.36. The van der Waals surface area contributed by atoms with E-state index in [0.29, 0.717) is 17.1 Å². The number of hydrogen-bond acceptors (Lipinski definition) is 3. The van der Waals surface area contributed by atoms with Crippen molar-refractivity contribution in [2.24, 2.45) is 0 Å². The van der Waals surface area contributed by atoms with Gasteiger partial charge in [0.1, 0.15) is 5.65 Å². The summed E-state index contributed by atoms with van der Waals surface area (Å²) in [6, 6.07) is 5.39. The molecule has 0 aliphatic carbocycles. The Morgan fingerprint density at radius 1 is 1.43 bits per heavy atom. The molecule has 2 aromatic rings. The molecule has 2 rings (SSSR count). The first-order valence-corrected chi connectivity index (χ1v) is 4.26. The number of fused-ring (bicyclic) bond motifs is 1. The molecule has 4 heteroatoms. The van der Waals surface area contributed by atoms with E-state index in [1.807, 2.05) is 6.07 Å². The Balaban J connectivity index is 2.92. The quantitative estimate of drug-likeness (QED) is 0.674. The van der Waals surface area contributed by atoms with Gasteiger partial charge in [-0.2, -0.15) is 4.98 Å². The van der Waals surface area contributed by atoms with Gasteiger partial charge in [-0.05, 0) is 19.1 Å². The molecule has 0 N–H and O–H groups in total. The van der Waals surface area contributed by atoms with Crippen LogP contribution in [0.2, 0.25) is 0 Å². The SMILES string of the molecule is COc1nc2ccccn2c(=O)c1C. The number of methoxy groups -OCH3 is 1. The molecule has 0 bridgehead atoms. The Morgan fingerprint density at radius 3 is 2.93 bits per heavy atom. The van der Waals surface area contributed by atoms with E-state index in [1.165, 1.54) is 11.5 Å². The number of aromatic nitrogens is 2. The minimum Gasteiger partial charge on any atom is -0.481 e. The Bertz CT molecular complexity index is 531. The van der Waals surface area contributed by atoms with Crippen molar-refractivity contribution >= 4 is 5.65 Å². The predicted molar refractivity (Wildman–Crippen MR) is 52.8 cm³/mol. The summed E-state index contributed by atoms with van der Waals surface area (Å²) in [6.45, 7) is 1.70. The second-order valence-electron chi connectivity index (χ2n) is 2.98. The standard InChI is InChI=1S/C10H10N2O2/c1-7-9(14-2)11-8-5-3-4-6-12(8)10(7)13/h3-6H,1-2H3. The Morgan fingerprint density at radius 2 is 2.21 bits per heavy atom. The highest BCUT2D eigenvalue weighted by Gasteiger charge is 2.07. The third kappa shape index (κ3) is 1.16. The van der Waals surface area contributed by atoms with Gasteiger partial charge in [0.15, 0.2) is 0 Å². The van der Waals surface area contributed by atoms with Crippen molar-refractivity contribution in [2.75, 3.05) is 7.11 Å². The lowest BCUT2D eigenvalue weighted by Crippen LogP contribution is -2.18. The van der Waals surface area contributed by atoms with Crippen molar-refractivity contribution in [3.63, 3.8) is 0 Å². The molecule has 72 valence electrons. The summed E-state index contributed by atoms with van der Waals surface area (Å²) >= 11 is 0. The largest absolute Gasteiger partial charge is 0.481 e. The van der Waals surface area contributed by atoms with Crippen LogP contribution in [0.4, 0.5) is 0 Å². The first kappa shape index (κ1) is 8.74. The number of hydrogen-bond donors (Lipinski definition) is 0. The zero-order valence-corrected chi connectivity index (χ0v) is 8.02. The summed E-state index contributed by atoms with van der Waals surface area (Å²) in [5, 5.41) is 0. The molecular weight excluding hydrogens is 180 g/mol. The summed E-state index contributed by atoms with van der Waals surface area (Å²) in [6.07, 6.45) is 1.69. The predicted octanol–water partition coefficient (Wildman–Crippen LogP) is 1.01. The van der Waals surface area contributed by atoms with Crippen LogP contribution in [-0.4, -0.2) is 16.5 Å². The maximum absolute atomic E-state index is 11.8. The summed E-state index contributed by atoms with van der Waals surface area (Å²) in [4.78, 5) is 15.9. The van der Waals surface area contributed by atoms with Crippen LogP contribution in [0.25, 0.3) is 5.65 Å². The van der Waals surface area contributed by atoms with Gasteiger partial charge in [0.25, 0.3) is 5.56 Å². The molecule has 14 heavy (non-hydrogen) atoms. The van der Waals surface area contributed by atoms with Gasteiger partial charge in [-0.15, -0.1) is 0 Å². The van der Waals surface area contributed by atoms with Crippen molar-refractivity contribution in [2.45, 2.75) is 6.92 Å². The number of ether oxygens (including phenoxy) is 1. The second kappa shape index (κ2) is 3.14. The van der Waals surface area contributed by atoms with Gasteiger partial charge in [-0.1, -0.05) is 6.07 Å². The topological polar surface area (TPSA) is 43.6 Å². The third-order valence-corrected chi connectivity index (χ3v) is 2.11. The van der Waals surface area contributed by atoms with Gasteiger partial charge >= 0.3 is 0 Å². The summed E-state index contributed by atoms with van der Waals surface area (Å²) in [7, 11) is 1.51. The Hall–Kier alpha value is -1.84. The van der Waals surface area contributed by atoms with Gasteiger partial charge in [0.2, 0.25) is 5.88 Å². The van der Waals surface area contributed by atoms with Gasteiger partial charge in [0, 0.05) is 6.20 Å². The lowest BCUT2D eigenvalue weighted by molar-refractivity contribution is 0.394. The molecule has 0 spiro atoms. The molecule has 0 aromatic carbocycles. The minimum absolute atomic E-state index is 0.0903. The highest BCUT2D eigenvalue weighted by molar-refractivity contribution is 5.42. The normalized spacial score (nSPS) is 10.4. The number of nitrogens with zero attached hydrogens (tertiary/aromatic N) is 2. The maximum atomic E-state index is 11.8. The smallest absolute Gasteiger partial charge is 0.264 e. The van der Waals surface area contributed by atoms with Gasteiger partial charge in [-0.3, -0.25) is 9.20 Å². The van der Waals surface area contributed by atoms with E-state index in [4.69, 9.17) is 4.74 Å². The number of pyridine rings is 1. The Kier molecular flexibility index (Phi) is 1.96. The summed E-state index contributed by atoms with van der Waals surface area (Å²) < 4.78 is 6.51. The van der Waals surface area contributed by atoms with Crippen LogP contribution in [-0.2, 0) is 0 Å². The van der Waals surface area contributed by atoms with Crippen molar-refractivity contribution < 1.29 is 4.74 Å². The van der Waals surface area contributed by atoms with E-state index in [1.54, 1.807) is 25.3 Å². The van der Waals surface area contributed by atoms with Gasteiger partial charge in [-0.25, -0.2) is 0 Å². The molecule has 0 aliphatic rings. The van der Waals surface area contributed by atoms with Gasteiger partial charge < -0.3 is 4.74 Å². The van der Waals surface area contributed by atoms with Crippen LogP contribution in [0, 0.1) is 6.92 Å². The molecule has 0 saturated heterocycles. The van der Waals surface area contributed by atoms with Crippen LogP contribution >= 0.6 is 0 Å². The molecule has 0 amide bonds. The van der Waals surface area contributed by atoms with Crippen LogP contribution < -0.4 is 10.3 Å². The molecule has 0 radical (unpaired) electrons.